The summed E-state index contributed by atoms with van der Waals surface area (Å²) in [5.41, 5.74) is 0.949. The summed E-state index contributed by atoms with van der Waals surface area (Å²) in [4.78, 5) is 30.5. The minimum absolute atomic E-state index is 0.0306. The number of hydrogen-bond donors (Lipinski definition) is 2. The molecular weight excluding hydrogens is 304 g/mol. The van der Waals surface area contributed by atoms with Gasteiger partial charge in [0, 0.05) is 32.0 Å². The van der Waals surface area contributed by atoms with E-state index in [1.165, 1.54) is 0 Å². The van der Waals surface area contributed by atoms with Crippen molar-refractivity contribution in [3.63, 3.8) is 0 Å². The molecule has 2 aliphatic heterocycles. The Hall–Kier alpha value is -1.95. The van der Waals surface area contributed by atoms with Crippen molar-refractivity contribution in [2.45, 2.75) is 38.1 Å². The molecule has 6 heteroatoms. The summed E-state index contributed by atoms with van der Waals surface area (Å²) in [5, 5.41) is 6.27. The van der Waals surface area contributed by atoms with E-state index in [4.69, 9.17) is 0 Å². The van der Waals surface area contributed by atoms with Gasteiger partial charge in [-0.1, -0.05) is 6.07 Å². The first-order valence-electron chi connectivity index (χ1n) is 8.90. The zero-order valence-electron chi connectivity index (χ0n) is 14.0. The number of rotatable bonds is 5. The number of pyridine rings is 1. The molecule has 6 nitrogen and oxygen atoms in total. The highest BCUT2D eigenvalue weighted by Gasteiger charge is 2.26. The number of carbonyl (C=O) groups is 2. The lowest BCUT2D eigenvalue weighted by molar-refractivity contribution is -0.132. The lowest BCUT2D eigenvalue weighted by atomic mass is 9.97. The second-order valence-electron chi connectivity index (χ2n) is 6.78. The molecule has 0 saturated carbocycles. The molecule has 2 saturated heterocycles. The van der Waals surface area contributed by atoms with Crippen molar-refractivity contribution >= 4 is 11.8 Å². The van der Waals surface area contributed by atoms with Crippen LogP contribution in [0.15, 0.2) is 24.5 Å². The Morgan fingerprint density at radius 2 is 2.25 bits per heavy atom. The van der Waals surface area contributed by atoms with Crippen molar-refractivity contribution in [2.75, 3.05) is 26.2 Å². The third-order valence-corrected chi connectivity index (χ3v) is 4.89. The Balaban J connectivity index is 1.45. The molecule has 2 fully saturated rings. The first-order valence-corrected chi connectivity index (χ1v) is 8.90. The van der Waals surface area contributed by atoms with Crippen molar-refractivity contribution in [3.05, 3.63) is 30.1 Å². The maximum absolute atomic E-state index is 12.5. The van der Waals surface area contributed by atoms with Crippen LogP contribution in [0.4, 0.5) is 0 Å². The van der Waals surface area contributed by atoms with Crippen LogP contribution in [0.3, 0.4) is 0 Å². The van der Waals surface area contributed by atoms with Gasteiger partial charge in [-0.3, -0.25) is 14.6 Å². The molecule has 1 aromatic heterocycles. The molecule has 3 rings (SSSR count). The Labute approximate surface area is 143 Å². The zero-order chi connectivity index (χ0) is 16.8. The number of nitrogens with zero attached hydrogens (tertiary/aromatic N) is 2. The van der Waals surface area contributed by atoms with Gasteiger partial charge in [0.05, 0.1) is 12.5 Å². The summed E-state index contributed by atoms with van der Waals surface area (Å²) in [6.07, 6.45) is 7.92. The normalized spacial score (nSPS) is 23.9. The third kappa shape index (κ3) is 4.54. The lowest BCUT2D eigenvalue weighted by Gasteiger charge is -2.33. The Morgan fingerprint density at radius 1 is 1.33 bits per heavy atom. The van der Waals surface area contributed by atoms with Gasteiger partial charge in [0.1, 0.15) is 0 Å². The number of nitrogens with one attached hydrogen (secondary N) is 2. The van der Waals surface area contributed by atoms with Crippen LogP contribution >= 0.6 is 0 Å². The average molecular weight is 330 g/mol. The molecule has 0 radical (unpaired) electrons. The summed E-state index contributed by atoms with van der Waals surface area (Å²) in [6.45, 7) is 3.14. The second kappa shape index (κ2) is 8.24. The number of amides is 2. The van der Waals surface area contributed by atoms with E-state index in [1.807, 2.05) is 17.0 Å². The Bertz CT molecular complexity index is 557. The van der Waals surface area contributed by atoms with E-state index in [0.717, 1.165) is 50.9 Å². The molecule has 2 N–H and O–H groups in total. The molecule has 1 aromatic rings. The number of hydrogen-bond acceptors (Lipinski definition) is 4. The molecule has 0 spiro atoms. The standard InChI is InChI=1S/C18H26N4O2/c23-17(10-14-4-1-7-19-11-14)22-9-3-5-15(13-22)12-21-18(24)16-6-2-8-20-16/h1,4,7,11,15-16,20H,2-3,5-6,8-10,12-13H2,(H,21,24). The summed E-state index contributed by atoms with van der Waals surface area (Å²) in [6, 6.07) is 3.76. The monoisotopic (exact) mass is 330 g/mol. The zero-order valence-corrected chi connectivity index (χ0v) is 14.0. The Morgan fingerprint density at radius 3 is 3.00 bits per heavy atom. The van der Waals surface area contributed by atoms with Gasteiger partial charge in [0.25, 0.3) is 0 Å². The quantitative estimate of drug-likeness (QED) is 0.835. The molecule has 2 amide bonds. The van der Waals surface area contributed by atoms with E-state index in [2.05, 4.69) is 15.6 Å². The fraction of sp³-hybridized carbons (Fsp3) is 0.611. The molecule has 0 bridgehead atoms. The molecule has 130 valence electrons. The van der Waals surface area contributed by atoms with Crippen molar-refractivity contribution < 1.29 is 9.59 Å². The average Bonchev–Trinajstić information content (AvgIpc) is 3.15. The first-order chi connectivity index (χ1) is 11.7. The van der Waals surface area contributed by atoms with Crippen LogP contribution in [0.25, 0.3) is 0 Å². The third-order valence-electron chi connectivity index (χ3n) is 4.89. The molecule has 0 aliphatic carbocycles. The Kier molecular flexibility index (Phi) is 5.80. The predicted octanol–water partition coefficient (Wildman–Crippen LogP) is 0.731. The smallest absolute Gasteiger partial charge is 0.237 e. The largest absolute Gasteiger partial charge is 0.354 e. The lowest BCUT2D eigenvalue weighted by Crippen LogP contribution is -2.47. The van der Waals surface area contributed by atoms with Crippen LogP contribution in [0.2, 0.25) is 0 Å². The van der Waals surface area contributed by atoms with Crippen LogP contribution in [0.5, 0.6) is 0 Å². The van der Waals surface area contributed by atoms with Gasteiger partial charge in [-0.05, 0) is 49.8 Å². The fourth-order valence-corrected chi connectivity index (χ4v) is 3.52. The molecule has 2 atom stereocenters. The van der Waals surface area contributed by atoms with Crippen LogP contribution in [-0.4, -0.2) is 53.9 Å². The van der Waals surface area contributed by atoms with Gasteiger partial charge in [-0.2, -0.15) is 0 Å². The summed E-state index contributed by atoms with van der Waals surface area (Å²) >= 11 is 0. The number of aromatic nitrogens is 1. The van der Waals surface area contributed by atoms with Crippen LogP contribution in [-0.2, 0) is 16.0 Å². The molecule has 2 unspecified atom stereocenters. The highest BCUT2D eigenvalue weighted by molar-refractivity contribution is 5.82. The second-order valence-corrected chi connectivity index (χ2v) is 6.78. The van der Waals surface area contributed by atoms with Gasteiger partial charge in [-0.25, -0.2) is 0 Å². The van der Waals surface area contributed by atoms with E-state index < -0.39 is 0 Å². The minimum Gasteiger partial charge on any atom is -0.354 e. The van der Waals surface area contributed by atoms with E-state index in [1.54, 1.807) is 12.4 Å². The van der Waals surface area contributed by atoms with Crippen molar-refractivity contribution in [1.82, 2.24) is 20.5 Å². The van der Waals surface area contributed by atoms with E-state index in [9.17, 15) is 9.59 Å². The van der Waals surface area contributed by atoms with E-state index >= 15 is 0 Å². The molecule has 3 heterocycles. The highest BCUT2D eigenvalue weighted by atomic mass is 16.2. The van der Waals surface area contributed by atoms with Gasteiger partial charge in [-0.15, -0.1) is 0 Å². The summed E-state index contributed by atoms with van der Waals surface area (Å²) < 4.78 is 0. The number of carbonyl (C=O) groups excluding carboxylic acids is 2. The summed E-state index contributed by atoms with van der Waals surface area (Å²) in [5.74, 6) is 0.602. The van der Waals surface area contributed by atoms with E-state index in [-0.39, 0.29) is 17.9 Å². The maximum Gasteiger partial charge on any atom is 0.237 e. The number of likely N-dealkylation sites (tertiary alicyclic amines) is 1. The molecule has 2 aliphatic rings. The van der Waals surface area contributed by atoms with Gasteiger partial charge in [0.2, 0.25) is 11.8 Å². The fourth-order valence-electron chi connectivity index (χ4n) is 3.52. The predicted molar refractivity (Wildman–Crippen MR) is 91.3 cm³/mol. The van der Waals surface area contributed by atoms with E-state index in [0.29, 0.717) is 18.9 Å². The number of piperidine rings is 1. The van der Waals surface area contributed by atoms with Crippen LogP contribution < -0.4 is 10.6 Å². The van der Waals surface area contributed by atoms with Crippen LogP contribution in [0, 0.1) is 5.92 Å². The first kappa shape index (κ1) is 16.9. The van der Waals surface area contributed by atoms with Gasteiger partial charge < -0.3 is 15.5 Å². The molecular formula is C18H26N4O2. The molecule has 0 aromatic carbocycles. The minimum atomic E-state index is -0.0306. The SMILES string of the molecule is O=C(NCC1CCCN(C(=O)Cc2cccnc2)C1)C1CCCN1. The van der Waals surface area contributed by atoms with Gasteiger partial charge in [0.15, 0.2) is 0 Å². The van der Waals surface area contributed by atoms with Crippen molar-refractivity contribution in [1.29, 1.82) is 0 Å². The van der Waals surface area contributed by atoms with Crippen LogP contribution in [0.1, 0.15) is 31.2 Å². The maximum atomic E-state index is 12.5. The van der Waals surface area contributed by atoms with Gasteiger partial charge >= 0.3 is 0 Å². The van der Waals surface area contributed by atoms with Crippen molar-refractivity contribution in [2.24, 2.45) is 5.92 Å². The van der Waals surface area contributed by atoms with Crippen molar-refractivity contribution in [3.8, 4) is 0 Å². The molecule has 24 heavy (non-hydrogen) atoms. The topological polar surface area (TPSA) is 74.3 Å². The summed E-state index contributed by atoms with van der Waals surface area (Å²) in [7, 11) is 0. The highest BCUT2D eigenvalue weighted by Crippen LogP contribution is 2.17.